The van der Waals surface area contributed by atoms with Crippen LogP contribution in [0.1, 0.15) is 30.6 Å². The van der Waals surface area contributed by atoms with Crippen molar-refractivity contribution in [3.8, 4) is 17.2 Å². The van der Waals surface area contributed by atoms with Crippen molar-refractivity contribution in [2.24, 2.45) is 0 Å². The number of ketones is 1. The summed E-state index contributed by atoms with van der Waals surface area (Å²) >= 11 is 0. The second-order valence-electron chi connectivity index (χ2n) is 7.98. The molecule has 9 heteroatoms. The first-order valence-electron chi connectivity index (χ1n) is 9.84. The van der Waals surface area contributed by atoms with E-state index in [1.807, 2.05) is 18.7 Å². The van der Waals surface area contributed by atoms with Gasteiger partial charge < -0.3 is 24.4 Å². The zero-order valence-electron chi connectivity index (χ0n) is 17.0. The number of carbonyl (C=O) groups is 2. The molecule has 1 amide bonds. The Morgan fingerprint density at radius 2 is 1.90 bits per heavy atom. The number of anilines is 1. The molecule has 3 heterocycles. The van der Waals surface area contributed by atoms with E-state index in [9.17, 15) is 14.7 Å². The third kappa shape index (κ3) is 4.14. The van der Waals surface area contributed by atoms with Crippen LogP contribution in [0.3, 0.4) is 0 Å². The molecule has 0 saturated carbocycles. The third-order valence-corrected chi connectivity index (χ3v) is 5.14. The molecule has 0 unspecified atom stereocenters. The normalized spacial score (nSPS) is 17.9. The average molecular weight is 412 g/mol. The highest BCUT2D eigenvalue weighted by Crippen LogP contribution is 2.40. The Morgan fingerprint density at radius 1 is 1.20 bits per heavy atom. The fourth-order valence-corrected chi connectivity index (χ4v) is 3.68. The Kier molecular flexibility index (Phi) is 5.19. The molecule has 1 fully saturated rings. The van der Waals surface area contributed by atoms with Crippen LogP contribution in [0.5, 0.6) is 17.2 Å². The SMILES string of the molecule is CC1(C)CC(=O)c2c(O)cc(OCC(=O)N3CCN(c4ncccn4)CC3)cc2O1. The Balaban J connectivity index is 1.36. The third-order valence-electron chi connectivity index (χ3n) is 5.14. The lowest BCUT2D eigenvalue weighted by molar-refractivity contribution is -0.133. The number of nitrogens with zero attached hydrogens (tertiary/aromatic N) is 4. The maximum Gasteiger partial charge on any atom is 0.260 e. The minimum Gasteiger partial charge on any atom is -0.507 e. The number of phenols is 1. The highest BCUT2D eigenvalue weighted by atomic mass is 16.5. The predicted octanol–water partition coefficient (Wildman–Crippen LogP) is 1.65. The van der Waals surface area contributed by atoms with Crippen LogP contribution >= 0.6 is 0 Å². The van der Waals surface area contributed by atoms with Gasteiger partial charge in [-0.15, -0.1) is 0 Å². The van der Waals surface area contributed by atoms with E-state index >= 15 is 0 Å². The van der Waals surface area contributed by atoms with Crippen molar-refractivity contribution < 1.29 is 24.2 Å². The molecule has 1 aromatic heterocycles. The van der Waals surface area contributed by atoms with Gasteiger partial charge in [0.1, 0.15) is 28.4 Å². The molecule has 4 rings (SSSR count). The summed E-state index contributed by atoms with van der Waals surface area (Å²) in [6, 6.07) is 4.66. The standard InChI is InChI=1S/C21H24N4O5/c1-21(2)12-16(27)19-15(26)10-14(11-17(19)30-21)29-13-18(28)24-6-8-25(9-7-24)20-22-4-3-5-23-20/h3-5,10-11,26H,6-9,12-13H2,1-2H3. The summed E-state index contributed by atoms with van der Waals surface area (Å²) in [5.41, 5.74) is -0.500. The molecule has 1 N–H and O–H groups in total. The number of ether oxygens (including phenoxy) is 2. The van der Waals surface area contributed by atoms with Gasteiger partial charge in [-0.2, -0.15) is 0 Å². The fraction of sp³-hybridized carbons (Fsp3) is 0.429. The molecule has 0 radical (unpaired) electrons. The highest BCUT2D eigenvalue weighted by Gasteiger charge is 2.35. The molecular weight excluding hydrogens is 388 g/mol. The van der Waals surface area contributed by atoms with E-state index in [1.165, 1.54) is 6.07 Å². The topological polar surface area (TPSA) is 105 Å². The summed E-state index contributed by atoms with van der Waals surface area (Å²) in [5, 5.41) is 10.2. The van der Waals surface area contributed by atoms with E-state index in [2.05, 4.69) is 9.97 Å². The van der Waals surface area contributed by atoms with E-state index < -0.39 is 5.60 Å². The molecule has 0 aliphatic carbocycles. The van der Waals surface area contributed by atoms with E-state index in [0.717, 1.165) is 0 Å². The number of fused-ring (bicyclic) bond motifs is 1. The Morgan fingerprint density at radius 3 is 2.60 bits per heavy atom. The molecule has 158 valence electrons. The van der Waals surface area contributed by atoms with Crippen LogP contribution in [0.25, 0.3) is 0 Å². The summed E-state index contributed by atoms with van der Waals surface area (Å²) in [7, 11) is 0. The van der Waals surface area contributed by atoms with Gasteiger partial charge in [-0.05, 0) is 19.9 Å². The first-order valence-corrected chi connectivity index (χ1v) is 9.84. The van der Waals surface area contributed by atoms with E-state index in [0.29, 0.717) is 32.1 Å². The van der Waals surface area contributed by atoms with Crippen molar-refractivity contribution in [1.29, 1.82) is 0 Å². The van der Waals surface area contributed by atoms with Crippen molar-refractivity contribution in [3.05, 3.63) is 36.2 Å². The quantitative estimate of drug-likeness (QED) is 0.808. The average Bonchev–Trinajstić information content (AvgIpc) is 2.71. The molecule has 2 aliphatic heterocycles. The number of piperazine rings is 1. The minimum absolute atomic E-state index is 0.154. The first-order chi connectivity index (χ1) is 14.3. The van der Waals surface area contributed by atoms with Gasteiger partial charge in [0.2, 0.25) is 5.95 Å². The molecule has 0 spiro atoms. The first kappa shape index (κ1) is 19.9. The number of hydrogen-bond acceptors (Lipinski definition) is 8. The zero-order chi connectivity index (χ0) is 21.3. The summed E-state index contributed by atoms with van der Waals surface area (Å²) in [6.45, 7) is 5.81. The number of amides is 1. The number of aromatic nitrogens is 2. The molecule has 1 saturated heterocycles. The smallest absolute Gasteiger partial charge is 0.260 e. The Labute approximate surface area is 174 Å². The zero-order valence-corrected chi connectivity index (χ0v) is 17.0. The second-order valence-corrected chi connectivity index (χ2v) is 7.98. The van der Waals surface area contributed by atoms with Crippen LogP contribution in [-0.4, -0.2) is 70.1 Å². The molecule has 0 bridgehead atoms. The van der Waals surface area contributed by atoms with Crippen molar-refractivity contribution in [2.75, 3.05) is 37.7 Å². The van der Waals surface area contributed by atoms with E-state index in [1.54, 1.807) is 29.4 Å². The Hall–Kier alpha value is -3.36. The van der Waals surface area contributed by atoms with Gasteiger partial charge in [0.15, 0.2) is 12.4 Å². The van der Waals surface area contributed by atoms with Gasteiger partial charge in [-0.3, -0.25) is 9.59 Å². The lowest BCUT2D eigenvalue weighted by Gasteiger charge is -2.34. The maximum atomic E-state index is 12.5. The number of aromatic hydroxyl groups is 1. The highest BCUT2D eigenvalue weighted by molar-refractivity contribution is 6.03. The lowest BCUT2D eigenvalue weighted by atomic mass is 9.92. The van der Waals surface area contributed by atoms with E-state index in [-0.39, 0.29) is 47.5 Å². The molecule has 0 atom stereocenters. The van der Waals surface area contributed by atoms with Gasteiger partial charge in [0, 0.05) is 50.7 Å². The minimum atomic E-state index is -0.660. The van der Waals surface area contributed by atoms with Gasteiger partial charge >= 0.3 is 0 Å². The number of benzene rings is 1. The van der Waals surface area contributed by atoms with Gasteiger partial charge in [0.05, 0.1) is 6.42 Å². The second kappa shape index (κ2) is 7.81. The van der Waals surface area contributed by atoms with Gasteiger partial charge in [0.25, 0.3) is 5.91 Å². The number of phenolic OH excluding ortho intramolecular Hbond substituents is 1. The van der Waals surface area contributed by atoms with Crippen molar-refractivity contribution >= 4 is 17.6 Å². The fourth-order valence-electron chi connectivity index (χ4n) is 3.68. The van der Waals surface area contributed by atoms with Gasteiger partial charge in [-0.1, -0.05) is 0 Å². The summed E-state index contributed by atoms with van der Waals surface area (Å²) in [5.74, 6) is 0.672. The predicted molar refractivity (Wildman–Crippen MR) is 108 cm³/mol. The molecule has 2 aromatic rings. The van der Waals surface area contributed by atoms with Crippen LogP contribution in [0.15, 0.2) is 30.6 Å². The molecule has 2 aliphatic rings. The molecule has 30 heavy (non-hydrogen) atoms. The summed E-state index contributed by atoms with van der Waals surface area (Å²) in [6.07, 6.45) is 3.58. The molecule has 9 nitrogen and oxygen atoms in total. The number of hydrogen-bond donors (Lipinski definition) is 1. The number of carbonyl (C=O) groups excluding carboxylic acids is 2. The van der Waals surface area contributed by atoms with Gasteiger partial charge in [-0.25, -0.2) is 9.97 Å². The summed E-state index contributed by atoms with van der Waals surface area (Å²) in [4.78, 5) is 37.0. The summed E-state index contributed by atoms with van der Waals surface area (Å²) < 4.78 is 11.4. The number of Topliss-reactive ketones (excluding diaryl/α,β-unsaturated/α-hetero) is 1. The van der Waals surface area contributed by atoms with Crippen molar-refractivity contribution in [2.45, 2.75) is 25.9 Å². The van der Waals surface area contributed by atoms with E-state index in [4.69, 9.17) is 9.47 Å². The Bertz CT molecular complexity index is 955. The molecule has 1 aromatic carbocycles. The largest absolute Gasteiger partial charge is 0.507 e. The number of rotatable bonds is 4. The maximum absolute atomic E-state index is 12.5. The van der Waals surface area contributed by atoms with Crippen LogP contribution in [0, 0.1) is 0 Å². The van der Waals surface area contributed by atoms with Crippen LogP contribution < -0.4 is 14.4 Å². The van der Waals surface area contributed by atoms with Crippen LogP contribution in [0.4, 0.5) is 5.95 Å². The van der Waals surface area contributed by atoms with Crippen molar-refractivity contribution in [1.82, 2.24) is 14.9 Å². The van der Waals surface area contributed by atoms with Crippen LogP contribution in [0.2, 0.25) is 0 Å². The lowest BCUT2D eigenvalue weighted by Crippen LogP contribution is -2.50. The van der Waals surface area contributed by atoms with Crippen LogP contribution in [-0.2, 0) is 4.79 Å². The monoisotopic (exact) mass is 412 g/mol. The van der Waals surface area contributed by atoms with Crippen molar-refractivity contribution in [3.63, 3.8) is 0 Å². The molecular formula is C21H24N4O5.